The molecule has 0 saturated carbocycles. The zero-order valence-corrected chi connectivity index (χ0v) is 13.3. The van der Waals surface area contributed by atoms with Gasteiger partial charge in [0.05, 0.1) is 0 Å². The van der Waals surface area contributed by atoms with E-state index in [0.29, 0.717) is 18.7 Å². The van der Waals surface area contributed by atoms with Crippen LogP contribution in [0.3, 0.4) is 0 Å². The summed E-state index contributed by atoms with van der Waals surface area (Å²) in [5, 5.41) is 9.85. The molecule has 2 N–H and O–H groups in total. The van der Waals surface area contributed by atoms with E-state index in [2.05, 4.69) is 4.98 Å². The number of carboxylic acid groups (broad SMARTS) is 1. The molecule has 5 nitrogen and oxygen atoms in total. The Morgan fingerprint density at radius 1 is 1.35 bits per heavy atom. The molecule has 1 aromatic heterocycles. The number of carbonyl (C=O) groups excluding carboxylic acids is 1. The molecule has 1 aromatic carbocycles. The van der Waals surface area contributed by atoms with Gasteiger partial charge < -0.3 is 15.0 Å². The molecular formula is C18H22N2O3. The van der Waals surface area contributed by atoms with Crippen LogP contribution in [0.5, 0.6) is 0 Å². The van der Waals surface area contributed by atoms with Crippen molar-refractivity contribution >= 4 is 22.8 Å². The number of aliphatic carboxylic acids is 1. The standard InChI is InChI=1S/C18H22N2O3/c1-12-4-6-14-10-16(19-15(14)9-12)18(23)20-8-2-3-13(11-20)5-7-17(21)22/h4,6,9-10,13,19H,2-3,5,7-8,11H2,1H3,(H,21,22)/t13-/m0/s1. The SMILES string of the molecule is Cc1ccc2cc(C(=O)N3CCC[C@@H](CCC(=O)O)C3)[nH]c2c1. The van der Waals surface area contributed by atoms with Gasteiger partial charge in [-0.2, -0.15) is 0 Å². The largest absolute Gasteiger partial charge is 0.481 e. The second kappa shape index (κ2) is 6.44. The number of aromatic nitrogens is 1. The number of hydrogen-bond acceptors (Lipinski definition) is 2. The lowest BCUT2D eigenvalue weighted by atomic mass is 9.93. The van der Waals surface area contributed by atoms with Gasteiger partial charge in [0.2, 0.25) is 0 Å². The number of hydrogen-bond donors (Lipinski definition) is 2. The van der Waals surface area contributed by atoms with Crippen LogP contribution in [0.2, 0.25) is 0 Å². The Labute approximate surface area is 135 Å². The lowest BCUT2D eigenvalue weighted by molar-refractivity contribution is -0.137. The maximum absolute atomic E-state index is 12.7. The molecule has 2 aromatic rings. The van der Waals surface area contributed by atoms with Crippen LogP contribution in [0, 0.1) is 12.8 Å². The molecule has 1 aliphatic rings. The predicted molar refractivity (Wildman–Crippen MR) is 88.5 cm³/mol. The minimum Gasteiger partial charge on any atom is -0.481 e. The van der Waals surface area contributed by atoms with Gasteiger partial charge in [-0.1, -0.05) is 12.1 Å². The Kier molecular flexibility index (Phi) is 4.37. The molecule has 0 bridgehead atoms. The Bertz CT molecular complexity index is 735. The second-order valence-corrected chi connectivity index (χ2v) is 6.47. The minimum absolute atomic E-state index is 0.0129. The molecule has 5 heteroatoms. The first kappa shape index (κ1) is 15.6. The quantitative estimate of drug-likeness (QED) is 0.910. The average Bonchev–Trinajstić information content (AvgIpc) is 2.95. The summed E-state index contributed by atoms with van der Waals surface area (Å²) in [5.74, 6) is -0.464. The number of aromatic amines is 1. The summed E-state index contributed by atoms with van der Waals surface area (Å²) in [6, 6.07) is 7.99. The summed E-state index contributed by atoms with van der Waals surface area (Å²) in [4.78, 5) is 28.5. The van der Waals surface area contributed by atoms with Crippen molar-refractivity contribution in [3.63, 3.8) is 0 Å². The Hall–Kier alpha value is -2.30. The lowest BCUT2D eigenvalue weighted by Gasteiger charge is -2.32. The van der Waals surface area contributed by atoms with E-state index < -0.39 is 5.97 Å². The highest BCUT2D eigenvalue weighted by atomic mass is 16.4. The Balaban J connectivity index is 1.71. The number of likely N-dealkylation sites (tertiary alicyclic amines) is 1. The van der Waals surface area contributed by atoms with Gasteiger partial charge in [-0.25, -0.2) is 0 Å². The first-order valence-electron chi connectivity index (χ1n) is 8.13. The molecule has 122 valence electrons. The fourth-order valence-electron chi connectivity index (χ4n) is 3.34. The minimum atomic E-state index is -0.764. The van der Waals surface area contributed by atoms with Crippen LogP contribution in [-0.2, 0) is 4.79 Å². The van der Waals surface area contributed by atoms with Gasteiger partial charge in [-0.05, 0) is 49.8 Å². The average molecular weight is 314 g/mol. The lowest BCUT2D eigenvalue weighted by Crippen LogP contribution is -2.40. The van der Waals surface area contributed by atoms with Gasteiger partial charge in [-0.3, -0.25) is 9.59 Å². The van der Waals surface area contributed by atoms with E-state index in [9.17, 15) is 9.59 Å². The van der Waals surface area contributed by atoms with Crippen LogP contribution >= 0.6 is 0 Å². The van der Waals surface area contributed by atoms with E-state index in [-0.39, 0.29) is 18.2 Å². The third-order valence-corrected chi connectivity index (χ3v) is 4.58. The molecule has 1 amide bonds. The highest BCUT2D eigenvalue weighted by Gasteiger charge is 2.25. The topological polar surface area (TPSA) is 73.4 Å². The van der Waals surface area contributed by atoms with Crippen LogP contribution in [0.15, 0.2) is 24.3 Å². The number of H-pyrrole nitrogens is 1. The third kappa shape index (κ3) is 3.55. The van der Waals surface area contributed by atoms with Crippen molar-refractivity contribution < 1.29 is 14.7 Å². The molecule has 3 rings (SSSR count). The number of amides is 1. The highest BCUT2D eigenvalue weighted by molar-refractivity contribution is 5.98. The summed E-state index contributed by atoms with van der Waals surface area (Å²) in [7, 11) is 0. The smallest absolute Gasteiger partial charge is 0.303 e. The number of rotatable bonds is 4. The van der Waals surface area contributed by atoms with Crippen LogP contribution in [0.4, 0.5) is 0 Å². The van der Waals surface area contributed by atoms with Crippen LogP contribution in [0.1, 0.15) is 41.7 Å². The molecule has 1 atom stereocenters. The molecular weight excluding hydrogens is 292 g/mol. The zero-order chi connectivity index (χ0) is 16.4. The number of nitrogens with zero attached hydrogens (tertiary/aromatic N) is 1. The first-order valence-corrected chi connectivity index (χ1v) is 8.13. The summed E-state index contributed by atoms with van der Waals surface area (Å²) < 4.78 is 0. The summed E-state index contributed by atoms with van der Waals surface area (Å²) in [6.07, 6.45) is 2.77. The van der Waals surface area contributed by atoms with E-state index in [1.807, 2.05) is 36.1 Å². The Morgan fingerprint density at radius 2 is 2.17 bits per heavy atom. The summed E-state index contributed by atoms with van der Waals surface area (Å²) in [6.45, 7) is 3.43. The van der Waals surface area contributed by atoms with E-state index in [4.69, 9.17) is 5.11 Å². The second-order valence-electron chi connectivity index (χ2n) is 6.47. The zero-order valence-electron chi connectivity index (χ0n) is 13.3. The van der Waals surface area contributed by atoms with Crippen molar-refractivity contribution in [1.82, 2.24) is 9.88 Å². The summed E-state index contributed by atoms with van der Waals surface area (Å²) >= 11 is 0. The normalized spacial score (nSPS) is 18.3. The number of carbonyl (C=O) groups is 2. The molecule has 2 heterocycles. The number of carboxylic acids is 1. The van der Waals surface area contributed by atoms with Crippen molar-refractivity contribution in [2.45, 2.75) is 32.6 Å². The van der Waals surface area contributed by atoms with Gasteiger partial charge in [0.15, 0.2) is 0 Å². The van der Waals surface area contributed by atoms with Crippen molar-refractivity contribution in [2.75, 3.05) is 13.1 Å². The van der Waals surface area contributed by atoms with Gasteiger partial charge >= 0.3 is 5.97 Å². The van der Waals surface area contributed by atoms with E-state index in [0.717, 1.165) is 35.9 Å². The molecule has 1 aliphatic heterocycles. The van der Waals surface area contributed by atoms with E-state index >= 15 is 0 Å². The fraction of sp³-hybridized carbons (Fsp3) is 0.444. The highest BCUT2D eigenvalue weighted by Crippen LogP contribution is 2.24. The molecule has 0 spiro atoms. The van der Waals surface area contributed by atoms with Crippen molar-refractivity contribution in [3.8, 4) is 0 Å². The third-order valence-electron chi connectivity index (χ3n) is 4.58. The molecule has 23 heavy (non-hydrogen) atoms. The number of nitrogens with one attached hydrogen (secondary N) is 1. The van der Waals surface area contributed by atoms with Crippen LogP contribution < -0.4 is 0 Å². The predicted octanol–water partition coefficient (Wildman–Crippen LogP) is 3.19. The van der Waals surface area contributed by atoms with Crippen LogP contribution in [-0.4, -0.2) is 40.0 Å². The maximum atomic E-state index is 12.7. The molecule has 1 fully saturated rings. The Morgan fingerprint density at radius 3 is 2.96 bits per heavy atom. The maximum Gasteiger partial charge on any atom is 0.303 e. The van der Waals surface area contributed by atoms with E-state index in [1.165, 1.54) is 0 Å². The monoisotopic (exact) mass is 314 g/mol. The van der Waals surface area contributed by atoms with Crippen LogP contribution in [0.25, 0.3) is 10.9 Å². The number of fused-ring (bicyclic) bond motifs is 1. The first-order chi connectivity index (χ1) is 11.0. The van der Waals surface area contributed by atoms with Crippen molar-refractivity contribution in [3.05, 3.63) is 35.5 Å². The number of piperidine rings is 1. The number of aryl methyl sites for hydroxylation is 1. The molecule has 0 radical (unpaired) electrons. The summed E-state index contributed by atoms with van der Waals surface area (Å²) in [5.41, 5.74) is 2.75. The van der Waals surface area contributed by atoms with Gasteiger partial charge in [0, 0.05) is 30.4 Å². The van der Waals surface area contributed by atoms with Crippen molar-refractivity contribution in [1.29, 1.82) is 0 Å². The molecule has 0 unspecified atom stereocenters. The number of benzene rings is 1. The molecule has 0 aliphatic carbocycles. The van der Waals surface area contributed by atoms with Crippen molar-refractivity contribution in [2.24, 2.45) is 5.92 Å². The van der Waals surface area contributed by atoms with Gasteiger partial charge in [-0.15, -0.1) is 0 Å². The van der Waals surface area contributed by atoms with Gasteiger partial charge in [0.1, 0.15) is 5.69 Å². The molecule has 1 saturated heterocycles. The van der Waals surface area contributed by atoms with Gasteiger partial charge in [0.25, 0.3) is 5.91 Å². The van der Waals surface area contributed by atoms with E-state index in [1.54, 1.807) is 0 Å². The fourth-order valence-corrected chi connectivity index (χ4v) is 3.34.